The molecule has 134 valence electrons. The van der Waals surface area contributed by atoms with Crippen LogP contribution >= 0.6 is 0 Å². The van der Waals surface area contributed by atoms with E-state index in [-0.39, 0.29) is 5.82 Å². The maximum Gasteiger partial charge on any atom is 0.131 e. The Balaban J connectivity index is 1.75. The highest BCUT2D eigenvalue weighted by Crippen LogP contribution is 2.29. The number of halogens is 1. The molecular formula is C23H25FN2. The second-order valence-electron chi connectivity index (χ2n) is 6.53. The van der Waals surface area contributed by atoms with Crippen molar-refractivity contribution >= 4 is 11.3 Å². The molecule has 3 rings (SSSR count). The van der Waals surface area contributed by atoms with E-state index in [1.54, 1.807) is 13.0 Å². The summed E-state index contributed by atoms with van der Waals surface area (Å²) in [6, 6.07) is 14.0. The van der Waals surface area contributed by atoms with Gasteiger partial charge in [-0.2, -0.15) is 0 Å². The van der Waals surface area contributed by atoms with Gasteiger partial charge in [-0.3, -0.25) is 0 Å². The molecule has 2 aromatic rings. The molecule has 0 N–H and O–H groups in total. The number of rotatable bonds is 5. The lowest BCUT2D eigenvalue weighted by Gasteiger charge is -2.24. The molecule has 26 heavy (non-hydrogen) atoms. The fourth-order valence-corrected chi connectivity index (χ4v) is 3.37. The van der Waals surface area contributed by atoms with E-state index < -0.39 is 0 Å². The lowest BCUT2D eigenvalue weighted by Crippen LogP contribution is -2.22. The first-order valence-electron chi connectivity index (χ1n) is 8.89. The average Bonchev–Trinajstić information content (AvgIpc) is 3.01. The Labute approximate surface area is 155 Å². The van der Waals surface area contributed by atoms with Gasteiger partial charge < -0.3 is 9.80 Å². The van der Waals surface area contributed by atoms with Gasteiger partial charge >= 0.3 is 0 Å². The molecule has 2 aromatic carbocycles. The molecule has 0 amide bonds. The summed E-state index contributed by atoms with van der Waals surface area (Å²) in [6.07, 6.45) is 3.91. The van der Waals surface area contributed by atoms with Crippen LogP contribution in [0.25, 0.3) is 5.57 Å². The van der Waals surface area contributed by atoms with Crippen molar-refractivity contribution in [2.75, 3.05) is 18.0 Å². The van der Waals surface area contributed by atoms with Crippen molar-refractivity contribution in [3.8, 4) is 0 Å². The second kappa shape index (κ2) is 7.61. The minimum Gasteiger partial charge on any atom is -0.352 e. The molecule has 1 fully saturated rings. The van der Waals surface area contributed by atoms with E-state index in [2.05, 4.69) is 53.3 Å². The standard InChI is InChI=1S/C23H25FN2/c1-5-19(6-2)20-10-12-22(13-11-20)26-15-14-25(18(26)4)16-21-9-7-8-17(3)23(21)24/h5-13H,1,4,14-16H2,2-3H3/b19-6+. The Bertz CT molecular complexity index is 849. The molecule has 0 aromatic heterocycles. The first-order valence-corrected chi connectivity index (χ1v) is 8.89. The SMILES string of the molecule is C=C/C(=C\C)c1ccc(N2CCN(Cc3cccc(C)c3F)C2=C)cc1. The van der Waals surface area contributed by atoms with Gasteiger partial charge in [0, 0.05) is 30.9 Å². The third-order valence-electron chi connectivity index (χ3n) is 4.95. The Hall–Kier alpha value is -2.81. The van der Waals surface area contributed by atoms with E-state index >= 15 is 0 Å². The lowest BCUT2D eigenvalue weighted by atomic mass is 10.1. The van der Waals surface area contributed by atoms with Crippen LogP contribution in [-0.4, -0.2) is 18.0 Å². The normalized spacial score (nSPS) is 14.9. The van der Waals surface area contributed by atoms with Crippen molar-refractivity contribution in [3.05, 3.63) is 96.1 Å². The number of benzene rings is 2. The van der Waals surface area contributed by atoms with Crippen LogP contribution in [0.3, 0.4) is 0 Å². The van der Waals surface area contributed by atoms with Crippen LogP contribution in [0.4, 0.5) is 10.1 Å². The Morgan fingerprint density at radius 1 is 1.15 bits per heavy atom. The van der Waals surface area contributed by atoms with Gasteiger partial charge in [0.25, 0.3) is 0 Å². The highest BCUT2D eigenvalue weighted by atomic mass is 19.1. The van der Waals surface area contributed by atoms with Crippen LogP contribution in [0.15, 0.2) is 73.6 Å². The molecule has 0 radical (unpaired) electrons. The summed E-state index contributed by atoms with van der Waals surface area (Å²) in [5, 5.41) is 0. The fourth-order valence-electron chi connectivity index (χ4n) is 3.37. The van der Waals surface area contributed by atoms with E-state index in [0.29, 0.717) is 17.7 Å². The smallest absolute Gasteiger partial charge is 0.131 e. The monoisotopic (exact) mass is 348 g/mol. The maximum absolute atomic E-state index is 14.3. The zero-order valence-corrected chi connectivity index (χ0v) is 15.5. The van der Waals surface area contributed by atoms with Crippen molar-refractivity contribution in [1.82, 2.24) is 4.90 Å². The van der Waals surface area contributed by atoms with Gasteiger partial charge in [-0.1, -0.05) is 55.6 Å². The summed E-state index contributed by atoms with van der Waals surface area (Å²) in [5.41, 5.74) is 4.77. The zero-order chi connectivity index (χ0) is 18.7. The van der Waals surface area contributed by atoms with E-state index in [0.717, 1.165) is 35.7 Å². The van der Waals surface area contributed by atoms with Gasteiger partial charge in [0.05, 0.1) is 0 Å². The highest BCUT2D eigenvalue weighted by Gasteiger charge is 2.25. The predicted molar refractivity (Wildman–Crippen MR) is 108 cm³/mol. The third-order valence-corrected chi connectivity index (χ3v) is 4.95. The molecule has 0 unspecified atom stereocenters. The number of hydrogen-bond acceptors (Lipinski definition) is 2. The Kier molecular flexibility index (Phi) is 5.27. The summed E-state index contributed by atoms with van der Waals surface area (Å²) in [7, 11) is 0. The maximum atomic E-state index is 14.3. The minimum atomic E-state index is -0.119. The summed E-state index contributed by atoms with van der Waals surface area (Å²) < 4.78 is 14.3. The largest absolute Gasteiger partial charge is 0.352 e. The predicted octanol–water partition coefficient (Wildman–Crippen LogP) is 5.52. The molecule has 1 aliphatic rings. The molecular weight excluding hydrogens is 323 g/mol. The van der Waals surface area contributed by atoms with Gasteiger partial charge in [-0.15, -0.1) is 0 Å². The highest BCUT2D eigenvalue weighted by molar-refractivity contribution is 5.74. The fraction of sp³-hybridized carbons (Fsp3) is 0.217. The van der Waals surface area contributed by atoms with E-state index in [1.165, 1.54) is 0 Å². The molecule has 1 saturated heterocycles. The summed E-state index contributed by atoms with van der Waals surface area (Å²) in [4.78, 5) is 4.31. The molecule has 0 bridgehead atoms. The number of aryl methyl sites for hydroxylation is 1. The van der Waals surface area contributed by atoms with E-state index in [4.69, 9.17) is 0 Å². The van der Waals surface area contributed by atoms with Crippen molar-refractivity contribution in [3.63, 3.8) is 0 Å². The van der Waals surface area contributed by atoms with Crippen LogP contribution < -0.4 is 4.90 Å². The van der Waals surface area contributed by atoms with E-state index in [9.17, 15) is 4.39 Å². The van der Waals surface area contributed by atoms with Gasteiger partial charge in [-0.25, -0.2) is 4.39 Å². The average molecular weight is 348 g/mol. The van der Waals surface area contributed by atoms with Gasteiger partial charge in [0.1, 0.15) is 11.6 Å². The Morgan fingerprint density at radius 2 is 1.88 bits per heavy atom. The van der Waals surface area contributed by atoms with Gasteiger partial charge in [0.15, 0.2) is 0 Å². The first kappa shape index (κ1) is 18.0. The number of allylic oxidation sites excluding steroid dienone is 3. The lowest BCUT2D eigenvalue weighted by molar-refractivity contribution is 0.383. The van der Waals surface area contributed by atoms with Crippen LogP contribution in [-0.2, 0) is 6.54 Å². The first-order chi connectivity index (χ1) is 12.5. The second-order valence-corrected chi connectivity index (χ2v) is 6.53. The molecule has 0 atom stereocenters. The molecule has 1 aliphatic heterocycles. The number of anilines is 1. The molecule has 0 spiro atoms. The van der Waals surface area contributed by atoms with Gasteiger partial charge in [0.2, 0.25) is 0 Å². The third kappa shape index (κ3) is 3.43. The van der Waals surface area contributed by atoms with Crippen molar-refractivity contribution in [2.45, 2.75) is 20.4 Å². The molecule has 3 heteroatoms. The number of nitrogens with zero attached hydrogens (tertiary/aromatic N) is 2. The van der Waals surface area contributed by atoms with Crippen molar-refractivity contribution in [2.24, 2.45) is 0 Å². The van der Waals surface area contributed by atoms with E-state index in [1.807, 2.05) is 25.1 Å². The summed E-state index contributed by atoms with van der Waals surface area (Å²) in [6.45, 7) is 14.1. The summed E-state index contributed by atoms with van der Waals surface area (Å²) in [5.74, 6) is 0.792. The minimum absolute atomic E-state index is 0.119. The quantitative estimate of drug-likeness (QED) is 0.657. The molecule has 1 heterocycles. The topological polar surface area (TPSA) is 6.48 Å². The van der Waals surface area contributed by atoms with Crippen LogP contribution in [0.5, 0.6) is 0 Å². The zero-order valence-electron chi connectivity index (χ0n) is 15.5. The van der Waals surface area contributed by atoms with Crippen LogP contribution in [0, 0.1) is 12.7 Å². The van der Waals surface area contributed by atoms with Crippen LogP contribution in [0.1, 0.15) is 23.6 Å². The van der Waals surface area contributed by atoms with Crippen molar-refractivity contribution in [1.29, 1.82) is 0 Å². The van der Waals surface area contributed by atoms with Gasteiger partial charge in [-0.05, 0) is 42.7 Å². The Morgan fingerprint density at radius 3 is 2.54 bits per heavy atom. The van der Waals surface area contributed by atoms with Crippen molar-refractivity contribution < 1.29 is 4.39 Å². The molecule has 0 aliphatic carbocycles. The number of hydrogen-bond donors (Lipinski definition) is 0. The van der Waals surface area contributed by atoms with Crippen LogP contribution in [0.2, 0.25) is 0 Å². The molecule has 2 nitrogen and oxygen atoms in total. The molecule has 0 saturated carbocycles. The summed E-state index contributed by atoms with van der Waals surface area (Å²) >= 11 is 0.